The number of ether oxygens (including phenoxy) is 1. The van der Waals surface area contributed by atoms with Crippen molar-refractivity contribution in [3.05, 3.63) is 99.5 Å². The van der Waals surface area contributed by atoms with Gasteiger partial charge in [0, 0.05) is 35.1 Å². The Labute approximate surface area is 223 Å². The van der Waals surface area contributed by atoms with Crippen molar-refractivity contribution >= 4 is 35.0 Å². The van der Waals surface area contributed by atoms with E-state index in [0.29, 0.717) is 40.2 Å². The van der Waals surface area contributed by atoms with Gasteiger partial charge in [-0.15, -0.1) is 0 Å². The predicted octanol–water partition coefficient (Wildman–Crippen LogP) is 6.27. The fourth-order valence-corrected chi connectivity index (χ4v) is 4.39. The molecule has 0 spiro atoms. The molecule has 0 heterocycles. The number of amides is 2. The van der Waals surface area contributed by atoms with Crippen LogP contribution in [0.3, 0.4) is 0 Å². The van der Waals surface area contributed by atoms with Gasteiger partial charge in [-0.05, 0) is 48.2 Å². The van der Waals surface area contributed by atoms with E-state index in [4.69, 9.17) is 27.9 Å². The van der Waals surface area contributed by atoms with Crippen molar-refractivity contribution in [3.63, 3.8) is 0 Å². The molecule has 1 N–H and O–H groups in total. The van der Waals surface area contributed by atoms with Crippen LogP contribution < -0.4 is 10.1 Å². The Morgan fingerprint density at radius 3 is 2.14 bits per heavy atom. The largest absolute Gasteiger partial charge is 0.484 e. The lowest BCUT2D eigenvalue weighted by atomic mass is 10.0. The van der Waals surface area contributed by atoms with Gasteiger partial charge in [-0.2, -0.15) is 0 Å². The third kappa shape index (κ3) is 7.49. The van der Waals surface area contributed by atoms with Gasteiger partial charge in [-0.1, -0.05) is 85.6 Å². The molecule has 3 aromatic rings. The number of likely N-dealkylation sites (N-methyl/N-ethyl adjacent to an activating group) is 1. The van der Waals surface area contributed by atoms with Gasteiger partial charge < -0.3 is 15.0 Å². The third-order valence-corrected chi connectivity index (χ3v) is 6.63. The maximum Gasteiger partial charge on any atom is 0.261 e. The Hall–Kier alpha value is -3.02. The van der Waals surface area contributed by atoms with E-state index in [9.17, 15) is 9.59 Å². The van der Waals surface area contributed by atoms with Gasteiger partial charge in [0.1, 0.15) is 11.8 Å². The van der Waals surface area contributed by atoms with E-state index in [2.05, 4.69) is 19.2 Å². The van der Waals surface area contributed by atoms with Gasteiger partial charge in [0.05, 0.1) is 0 Å². The number of rotatable bonds is 11. The molecule has 7 heteroatoms. The summed E-state index contributed by atoms with van der Waals surface area (Å²) in [6, 6.07) is 21.7. The maximum atomic E-state index is 13.6. The summed E-state index contributed by atoms with van der Waals surface area (Å²) in [6.07, 6.45) is 0.337. The maximum absolute atomic E-state index is 13.6. The molecule has 0 aromatic heterocycles. The van der Waals surface area contributed by atoms with Gasteiger partial charge in [-0.3, -0.25) is 9.59 Å². The average molecular weight is 527 g/mol. The van der Waals surface area contributed by atoms with Crippen molar-refractivity contribution < 1.29 is 14.3 Å². The molecule has 36 heavy (non-hydrogen) atoms. The van der Waals surface area contributed by atoms with Crippen LogP contribution in [0.2, 0.25) is 10.0 Å². The van der Waals surface area contributed by atoms with Crippen molar-refractivity contribution in [2.45, 2.75) is 45.7 Å². The number of nitrogens with zero attached hydrogens (tertiary/aromatic N) is 1. The number of carbonyl (C=O) groups is 2. The van der Waals surface area contributed by atoms with Crippen LogP contribution in [-0.2, 0) is 22.6 Å². The standard InChI is InChI=1S/C29H32Cl2N2O3/c1-4-32-29(35)27(17-21-9-6-5-7-10-21)33(18-24-25(30)11-8-12-26(24)31)28(34)19-36-23-15-13-22(14-16-23)20(2)3/h5-16,20,27H,4,17-19H2,1-3H3,(H,32,35)/t27-/m1/s1. The van der Waals surface area contributed by atoms with Crippen LogP contribution >= 0.6 is 23.2 Å². The Morgan fingerprint density at radius 1 is 0.917 bits per heavy atom. The summed E-state index contributed by atoms with van der Waals surface area (Å²) < 4.78 is 5.83. The van der Waals surface area contributed by atoms with Gasteiger partial charge in [0.2, 0.25) is 5.91 Å². The summed E-state index contributed by atoms with van der Waals surface area (Å²) in [7, 11) is 0. The van der Waals surface area contributed by atoms with E-state index in [1.54, 1.807) is 18.2 Å². The smallest absolute Gasteiger partial charge is 0.261 e. The normalized spacial score (nSPS) is 11.7. The zero-order chi connectivity index (χ0) is 26.1. The number of halogens is 2. The van der Waals surface area contributed by atoms with Crippen molar-refractivity contribution in [1.29, 1.82) is 0 Å². The molecule has 0 bridgehead atoms. The molecular weight excluding hydrogens is 495 g/mol. The van der Waals surface area contributed by atoms with E-state index in [1.165, 1.54) is 10.5 Å². The molecule has 0 aliphatic rings. The van der Waals surface area contributed by atoms with Gasteiger partial charge in [0.15, 0.2) is 6.61 Å². The lowest BCUT2D eigenvalue weighted by Crippen LogP contribution is -2.51. The second-order valence-electron chi connectivity index (χ2n) is 8.83. The first kappa shape index (κ1) is 27.6. The first-order valence-electron chi connectivity index (χ1n) is 12.1. The molecule has 5 nitrogen and oxygen atoms in total. The molecule has 3 rings (SSSR count). The summed E-state index contributed by atoms with van der Waals surface area (Å²) in [5.41, 5.74) is 2.70. The van der Waals surface area contributed by atoms with E-state index in [0.717, 1.165) is 5.56 Å². The van der Waals surface area contributed by atoms with Gasteiger partial charge >= 0.3 is 0 Å². The first-order valence-corrected chi connectivity index (χ1v) is 12.8. The highest BCUT2D eigenvalue weighted by molar-refractivity contribution is 6.36. The lowest BCUT2D eigenvalue weighted by molar-refractivity contribution is -0.142. The van der Waals surface area contributed by atoms with E-state index < -0.39 is 6.04 Å². The minimum atomic E-state index is -0.779. The van der Waals surface area contributed by atoms with Crippen molar-refractivity contribution in [1.82, 2.24) is 10.2 Å². The highest BCUT2D eigenvalue weighted by atomic mass is 35.5. The van der Waals surface area contributed by atoms with E-state index in [1.807, 2.05) is 61.5 Å². The number of hydrogen-bond donors (Lipinski definition) is 1. The molecule has 0 saturated carbocycles. The lowest BCUT2D eigenvalue weighted by Gasteiger charge is -2.32. The molecule has 0 aliphatic heterocycles. The minimum Gasteiger partial charge on any atom is -0.484 e. The van der Waals surface area contributed by atoms with Gasteiger partial charge in [-0.25, -0.2) is 0 Å². The Morgan fingerprint density at radius 2 is 1.56 bits per heavy atom. The second kappa shape index (κ2) is 13.3. The predicted molar refractivity (Wildman–Crippen MR) is 146 cm³/mol. The highest BCUT2D eigenvalue weighted by Gasteiger charge is 2.31. The van der Waals surface area contributed by atoms with Crippen LogP contribution in [0.4, 0.5) is 0 Å². The van der Waals surface area contributed by atoms with Crippen LogP contribution in [0, 0.1) is 0 Å². The van der Waals surface area contributed by atoms with Crippen LogP contribution in [0.5, 0.6) is 5.75 Å². The fourth-order valence-electron chi connectivity index (χ4n) is 3.88. The number of nitrogens with one attached hydrogen (secondary N) is 1. The first-order chi connectivity index (χ1) is 17.3. The van der Waals surface area contributed by atoms with Crippen molar-refractivity contribution in [3.8, 4) is 5.75 Å². The fraction of sp³-hybridized carbons (Fsp3) is 0.310. The molecule has 190 valence electrons. The number of carbonyl (C=O) groups excluding carboxylic acids is 2. The van der Waals surface area contributed by atoms with E-state index in [-0.39, 0.29) is 25.0 Å². The van der Waals surface area contributed by atoms with Gasteiger partial charge in [0.25, 0.3) is 5.91 Å². The molecule has 0 aliphatic carbocycles. The molecule has 0 radical (unpaired) electrons. The summed E-state index contributed by atoms with van der Waals surface area (Å²) in [6.45, 7) is 6.36. The topological polar surface area (TPSA) is 58.6 Å². The quantitative estimate of drug-likeness (QED) is 0.320. The minimum absolute atomic E-state index is 0.0711. The molecule has 0 saturated heterocycles. The second-order valence-corrected chi connectivity index (χ2v) is 9.65. The summed E-state index contributed by atoms with van der Waals surface area (Å²) >= 11 is 12.9. The Balaban J connectivity index is 1.90. The molecule has 0 fully saturated rings. The number of benzene rings is 3. The summed E-state index contributed by atoms with van der Waals surface area (Å²) in [5.74, 6) is 0.388. The van der Waals surface area contributed by atoms with E-state index >= 15 is 0 Å². The van der Waals surface area contributed by atoms with Crippen LogP contribution in [0.15, 0.2) is 72.8 Å². The average Bonchev–Trinajstić information content (AvgIpc) is 2.87. The van der Waals surface area contributed by atoms with Crippen molar-refractivity contribution in [2.24, 2.45) is 0 Å². The monoisotopic (exact) mass is 526 g/mol. The zero-order valence-electron chi connectivity index (χ0n) is 20.8. The highest BCUT2D eigenvalue weighted by Crippen LogP contribution is 2.27. The Bertz CT molecular complexity index is 1130. The number of hydrogen-bond acceptors (Lipinski definition) is 3. The molecule has 3 aromatic carbocycles. The van der Waals surface area contributed by atoms with Crippen LogP contribution in [0.25, 0.3) is 0 Å². The molecule has 0 unspecified atom stereocenters. The molecule has 2 amide bonds. The SMILES string of the molecule is CCNC(=O)[C@@H](Cc1ccccc1)N(Cc1c(Cl)cccc1Cl)C(=O)COc1ccc(C(C)C)cc1. The zero-order valence-corrected chi connectivity index (χ0v) is 22.4. The molecule has 1 atom stereocenters. The summed E-state index contributed by atoms with van der Waals surface area (Å²) in [5, 5.41) is 3.73. The Kier molecular flexibility index (Phi) is 10.2. The third-order valence-electron chi connectivity index (χ3n) is 5.92. The van der Waals surface area contributed by atoms with Crippen LogP contribution in [0.1, 0.15) is 43.4 Å². The summed E-state index contributed by atoms with van der Waals surface area (Å²) in [4.78, 5) is 28.3. The van der Waals surface area contributed by atoms with Crippen molar-refractivity contribution in [2.75, 3.05) is 13.2 Å². The van der Waals surface area contributed by atoms with Crippen LogP contribution in [-0.4, -0.2) is 35.9 Å². The molecular formula is C29H32Cl2N2O3.